The van der Waals surface area contributed by atoms with Gasteiger partial charge in [-0.3, -0.25) is 0 Å². The third kappa shape index (κ3) is 3.52. The van der Waals surface area contributed by atoms with Crippen LogP contribution in [0, 0.1) is 11.3 Å². The quantitative estimate of drug-likeness (QED) is 0.828. The lowest BCUT2D eigenvalue weighted by Gasteiger charge is -2.13. The molecular weight excluding hydrogens is 318 g/mol. The normalized spacial score (nSPS) is 9.85. The highest BCUT2D eigenvalue weighted by Crippen LogP contribution is 2.34. The van der Waals surface area contributed by atoms with Crippen molar-refractivity contribution in [3.8, 4) is 17.6 Å². The minimum atomic E-state index is 0.329. The Morgan fingerprint density at radius 1 is 1.15 bits per heavy atom. The van der Waals surface area contributed by atoms with Crippen LogP contribution < -0.4 is 9.47 Å². The van der Waals surface area contributed by atoms with Crippen LogP contribution >= 0.6 is 15.9 Å². The van der Waals surface area contributed by atoms with E-state index in [-0.39, 0.29) is 0 Å². The van der Waals surface area contributed by atoms with Gasteiger partial charge in [-0.15, -0.1) is 0 Å². The summed E-state index contributed by atoms with van der Waals surface area (Å²) in [4.78, 5) is 0. The van der Waals surface area contributed by atoms with Gasteiger partial charge in [0.05, 0.1) is 19.6 Å². The largest absolute Gasteiger partial charge is 0.493 e. The first kappa shape index (κ1) is 14.4. The van der Waals surface area contributed by atoms with Gasteiger partial charge in [0.2, 0.25) is 0 Å². The van der Waals surface area contributed by atoms with Gasteiger partial charge in [-0.05, 0) is 23.3 Å². The van der Waals surface area contributed by atoms with Crippen LogP contribution in [0.4, 0.5) is 0 Å². The fourth-order valence-corrected chi connectivity index (χ4v) is 2.27. The highest BCUT2D eigenvalue weighted by atomic mass is 79.9. The van der Waals surface area contributed by atoms with E-state index in [1.54, 1.807) is 7.11 Å². The fourth-order valence-electron chi connectivity index (χ4n) is 1.81. The minimum absolute atomic E-state index is 0.329. The molecule has 0 amide bonds. The second-order valence-corrected chi connectivity index (χ2v) is 5.06. The zero-order chi connectivity index (χ0) is 14.4. The van der Waals surface area contributed by atoms with Crippen LogP contribution in [-0.2, 0) is 13.0 Å². The molecule has 0 saturated heterocycles. The van der Waals surface area contributed by atoms with Crippen molar-refractivity contribution >= 4 is 15.9 Å². The average molecular weight is 332 g/mol. The fraction of sp³-hybridized carbons (Fsp3) is 0.188. The van der Waals surface area contributed by atoms with E-state index >= 15 is 0 Å². The van der Waals surface area contributed by atoms with Crippen molar-refractivity contribution < 1.29 is 9.47 Å². The Hall–Kier alpha value is -1.99. The molecule has 0 heterocycles. The monoisotopic (exact) mass is 331 g/mol. The smallest absolute Gasteiger partial charge is 0.162 e. The van der Waals surface area contributed by atoms with Crippen LogP contribution in [0.5, 0.6) is 11.5 Å². The molecule has 0 bridgehead atoms. The average Bonchev–Trinajstić information content (AvgIpc) is 2.48. The molecule has 0 N–H and O–H groups in total. The number of nitrogens with zero attached hydrogens (tertiary/aromatic N) is 1. The highest BCUT2D eigenvalue weighted by Gasteiger charge is 2.10. The second-order valence-electron chi connectivity index (χ2n) is 4.20. The predicted octanol–water partition coefficient (Wildman–Crippen LogP) is 4.10. The molecule has 0 atom stereocenters. The van der Waals surface area contributed by atoms with Crippen LogP contribution in [-0.4, -0.2) is 7.11 Å². The zero-order valence-corrected chi connectivity index (χ0v) is 12.7. The Labute approximate surface area is 126 Å². The first-order valence-electron chi connectivity index (χ1n) is 6.14. The number of nitriles is 1. The van der Waals surface area contributed by atoms with E-state index in [0.717, 1.165) is 15.6 Å². The van der Waals surface area contributed by atoms with E-state index in [9.17, 15) is 0 Å². The molecule has 0 aromatic heterocycles. The van der Waals surface area contributed by atoms with Crippen molar-refractivity contribution in [1.29, 1.82) is 5.26 Å². The first-order valence-corrected chi connectivity index (χ1v) is 6.94. The maximum Gasteiger partial charge on any atom is 0.162 e. The summed E-state index contributed by atoms with van der Waals surface area (Å²) in [5.74, 6) is 1.29. The molecule has 102 valence electrons. The molecule has 20 heavy (non-hydrogen) atoms. The molecule has 0 aliphatic carbocycles. The summed E-state index contributed by atoms with van der Waals surface area (Å²) in [6.07, 6.45) is 0.329. The summed E-state index contributed by atoms with van der Waals surface area (Å²) in [6.45, 7) is 0.473. The van der Waals surface area contributed by atoms with Crippen LogP contribution in [0.2, 0.25) is 0 Å². The predicted molar refractivity (Wildman–Crippen MR) is 80.8 cm³/mol. The van der Waals surface area contributed by atoms with Gasteiger partial charge in [-0.1, -0.05) is 46.3 Å². The molecular formula is C16H14BrNO2. The van der Waals surface area contributed by atoms with Gasteiger partial charge in [-0.2, -0.15) is 5.26 Å². The molecule has 0 aliphatic rings. The third-order valence-electron chi connectivity index (χ3n) is 2.84. The zero-order valence-electron chi connectivity index (χ0n) is 11.1. The van der Waals surface area contributed by atoms with E-state index in [4.69, 9.17) is 14.7 Å². The second kappa shape index (κ2) is 6.97. The number of ether oxygens (including phenoxy) is 2. The Kier molecular flexibility index (Phi) is 5.03. The number of hydrogen-bond acceptors (Lipinski definition) is 3. The maximum absolute atomic E-state index is 8.79. The topological polar surface area (TPSA) is 42.2 Å². The summed E-state index contributed by atoms with van der Waals surface area (Å²) < 4.78 is 12.0. The van der Waals surface area contributed by atoms with Crippen molar-refractivity contribution in [3.05, 3.63) is 58.1 Å². The van der Waals surface area contributed by atoms with Gasteiger partial charge in [0.1, 0.15) is 6.61 Å². The Bertz CT molecular complexity index is 620. The Morgan fingerprint density at radius 3 is 2.55 bits per heavy atom. The molecule has 2 rings (SSSR count). The number of hydrogen-bond donors (Lipinski definition) is 0. The Balaban J connectivity index is 2.19. The van der Waals surface area contributed by atoms with Gasteiger partial charge < -0.3 is 9.47 Å². The van der Waals surface area contributed by atoms with Gasteiger partial charge in [0, 0.05) is 4.47 Å². The lowest BCUT2D eigenvalue weighted by molar-refractivity contribution is 0.284. The molecule has 2 aromatic rings. The van der Waals surface area contributed by atoms with Crippen molar-refractivity contribution in [2.45, 2.75) is 13.0 Å². The number of halogens is 1. The molecule has 2 aromatic carbocycles. The van der Waals surface area contributed by atoms with Gasteiger partial charge >= 0.3 is 0 Å². The van der Waals surface area contributed by atoms with Gasteiger partial charge in [0.25, 0.3) is 0 Å². The molecule has 0 saturated carbocycles. The van der Waals surface area contributed by atoms with E-state index in [2.05, 4.69) is 22.0 Å². The number of benzene rings is 2. The number of methoxy groups -OCH3 is 1. The Morgan fingerprint density at radius 2 is 1.90 bits per heavy atom. The molecule has 0 radical (unpaired) electrons. The summed E-state index contributed by atoms with van der Waals surface area (Å²) in [5.41, 5.74) is 1.98. The lowest BCUT2D eigenvalue weighted by atomic mass is 10.1. The number of rotatable bonds is 5. The van der Waals surface area contributed by atoms with Crippen LogP contribution in [0.1, 0.15) is 11.1 Å². The van der Waals surface area contributed by atoms with Crippen molar-refractivity contribution in [2.24, 2.45) is 0 Å². The van der Waals surface area contributed by atoms with E-state index in [0.29, 0.717) is 24.5 Å². The van der Waals surface area contributed by atoms with Crippen molar-refractivity contribution in [1.82, 2.24) is 0 Å². The molecule has 0 unspecified atom stereocenters. The molecule has 0 spiro atoms. The SMILES string of the molecule is COc1cc(CC#N)c(Br)cc1OCc1ccccc1. The summed E-state index contributed by atoms with van der Waals surface area (Å²) in [5, 5.41) is 8.79. The molecule has 0 aliphatic heterocycles. The lowest BCUT2D eigenvalue weighted by Crippen LogP contribution is -1.99. The molecule has 4 heteroatoms. The molecule has 3 nitrogen and oxygen atoms in total. The summed E-state index contributed by atoms with van der Waals surface area (Å²) in [7, 11) is 1.59. The maximum atomic E-state index is 8.79. The van der Waals surface area contributed by atoms with Gasteiger partial charge in [0.15, 0.2) is 11.5 Å². The third-order valence-corrected chi connectivity index (χ3v) is 3.58. The minimum Gasteiger partial charge on any atom is -0.493 e. The van der Waals surface area contributed by atoms with E-state index in [1.807, 2.05) is 42.5 Å². The van der Waals surface area contributed by atoms with Crippen molar-refractivity contribution in [3.63, 3.8) is 0 Å². The summed E-state index contributed by atoms with van der Waals surface area (Å²) >= 11 is 3.45. The molecule has 0 fully saturated rings. The van der Waals surface area contributed by atoms with Crippen LogP contribution in [0.3, 0.4) is 0 Å². The first-order chi connectivity index (χ1) is 9.74. The van der Waals surface area contributed by atoms with Gasteiger partial charge in [-0.25, -0.2) is 0 Å². The summed E-state index contributed by atoms with van der Waals surface area (Å²) in [6, 6.07) is 15.7. The van der Waals surface area contributed by atoms with Crippen LogP contribution in [0.25, 0.3) is 0 Å². The van der Waals surface area contributed by atoms with Crippen LogP contribution in [0.15, 0.2) is 46.9 Å². The standard InChI is InChI=1S/C16H14BrNO2/c1-19-15-9-13(7-8-18)14(17)10-16(15)20-11-12-5-3-2-4-6-12/h2-6,9-10H,7,11H2,1H3. The highest BCUT2D eigenvalue weighted by molar-refractivity contribution is 9.10. The van der Waals surface area contributed by atoms with E-state index < -0.39 is 0 Å². The van der Waals surface area contributed by atoms with Crippen molar-refractivity contribution in [2.75, 3.05) is 7.11 Å². The van der Waals surface area contributed by atoms with E-state index in [1.165, 1.54) is 0 Å².